The van der Waals surface area contributed by atoms with Gasteiger partial charge in [0.15, 0.2) is 0 Å². The first-order chi connectivity index (χ1) is 15.5. The fraction of sp³-hybridized carbons (Fsp3) is 0.478. The van der Waals surface area contributed by atoms with Gasteiger partial charge in [0.25, 0.3) is 0 Å². The molecule has 1 amide bonds. The van der Waals surface area contributed by atoms with Crippen molar-refractivity contribution in [2.45, 2.75) is 36.6 Å². The maximum atomic E-state index is 12.9. The molecule has 0 bridgehead atoms. The average molecular weight is 473 g/mol. The third-order valence-electron chi connectivity index (χ3n) is 6.37. The molecule has 0 radical (unpaired) electrons. The fourth-order valence-corrected chi connectivity index (χ4v) is 6.82. The molecule has 2 aliphatic heterocycles. The first-order valence-corrected chi connectivity index (χ1v) is 13.4. The second-order valence-corrected chi connectivity index (χ2v) is 11.3. The number of carbonyl (C=O) groups excluding carboxylic acids is 1. The van der Waals surface area contributed by atoms with Gasteiger partial charge in [-0.2, -0.15) is 9.57 Å². The summed E-state index contributed by atoms with van der Waals surface area (Å²) in [5, 5.41) is 14.1. The van der Waals surface area contributed by atoms with Gasteiger partial charge in [-0.25, -0.2) is 8.42 Å². The van der Waals surface area contributed by atoms with Gasteiger partial charge in [0, 0.05) is 30.4 Å². The quantitative estimate of drug-likeness (QED) is 0.669. The molecule has 1 unspecified atom stereocenters. The third-order valence-corrected chi connectivity index (χ3v) is 9.25. The molecular weight excluding hydrogens is 444 g/mol. The number of rotatable bonds is 7. The molecule has 0 aliphatic carbocycles. The van der Waals surface area contributed by atoms with E-state index < -0.39 is 10.0 Å². The van der Waals surface area contributed by atoms with Crippen LogP contribution in [0.1, 0.15) is 42.2 Å². The molecule has 2 aromatic rings. The molecule has 4 rings (SSSR count). The summed E-state index contributed by atoms with van der Waals surface area (Å²) in [6, 6.07) is 12.3. The number of nitrogens with zero attached hydrogens (tertiary/aromatic N) is 3. The monoisotopic (exact) mass is 472 g/mol. The zero-order valence-corrected chi connectivity index (χ0v) is 19.6. The molecule has 7 nitrogen and oxygen atoms in total. The SMILES string of the molecule is N#Cc1ccc(S(=O)(=O)N2CCC(C(=O)NCC(c3cccs3)N3CCCC3)CC2)cc1. The highest BCUT2D eigenvalue weighted by Gasteiger charge is 2.33. The number of nitrogens with one attached hydrogen (secondary N) is 1. The number of piperidine rings is 1. The van der Waals surface area contributed by atoms with E-state index in [9.17, 15) is 13.2 Å². The molecule has 1 N–H and O–H groups in total. The normalized spacial score (nSPS) is 19.5. The largest absolute Gasteiger partial charge is 0.354 e. The topological polar surface area (TPSA) is 93.5 Å². The van der Waals surface area contributed by atoms with Gasteiger partial charge in [-0.15, -0.1) is 11.3 Å². The van der Waals surface area contributed by atoms with Crippen LogP contribution in [0.25, 0.3) is 0 Å². The molecule has 2 saturated heterocycles. The smallest absolute Gasteiger partial charge is 0.243 e. The van der Waals surface area contributed by atoms with E-state index in [0.29, 0.717) is 38.0 Å². The van der Waals surface area contributed by atoms with Gasteiger partial charge in [0.1, 0.15) is 0 Å². The van der Waals surface area contributed by atoms with Crippen molar-refractivity contribution in [3.8, 4) is 6.07 Å². The van der Waals surface area contributed by atoms with Crippen LogP contribution in [-0.4, -0.2) is 56.3 Å². The van der Waals surface area contributed by atoms with Gasteiger partial charge >= 0.3 is 0 Å². The van der Waals surface area contributed by atoms with Crippen LogP contribution in [0.4, 0.5) is 0 Å². The van der Waals surface area contributed by atoms with E-state index in [-0.39, 0.29) is 22.8 Å². The molecule has 2 fully saturated rings. The van der Waals surface area contributed by atoms with Crippen LogP contribution in [-0.2, 0) is 14.8 Å². The van der Waals surface area contributed by atoms with Gasteiger partial charge in [-0.3, -0.25) is 9.69 Å². The Morgan fingerprint density at radius 2 is 1.81 bits per heavy atom. The molecule has 1 aromatic carbocycles. The first kappa shape index (κ1) is 22.9. The Bertz CT molecular complexity index is 1050. The number of hydrogen-bond acceptors (Lipinski definition) is 6. The highest BCUT2D eigenvalue weighted by Crippen LogP contribution is 2.29. The van der Waals surface area contributed by atoms with Gasteiger partial charge in [0.2, 0.25) is 15.9 Å². The second-order valence-electron chi connectivity index (χ2n) is 8.33. The van der Waals surface area contributed by atoms with Crippen LogP contribution in [0.2, 0.25) is 0 Å². The van der Waals surface area contributed by atoms with Crippen molar-refractivity contribution in [3.05, 3.63) is 52.2 Å². The summed E-state index contributed by atoms with van der Waals surface area (Å²) in [7, 11) is -3.62. The van der Waals surface area contributed by atoms with E-state index in [1.165, 1.54) is 46.3 Å². The van der Waals surface area contributed by atoms with Crippen LogP contribution in [0.3, 0.4) is 0 Å². The predicted octanol–water partition coefficient (Wildman–Crippen LogP) is 2.97. The van der Waals surface area contributed by atoms with Gasteiger partial charge in [0.05, 0.1) is 22.6 Å². The minimum absolute atomic E-state index is 0.0150. The lowest BCUT2D eigenvalue weighted by Crippen LogP contribution is -2.44. The van der Waals surface area contributed by atoms with E-state index in [1.807, 2.05) is 6.07 Å². The third kappa shape index (κ3) is 5.04. The summed E-state index contributed by atoms with van der Waals surface area (Å²) in [5.41, 5.74) is 0.425. The molecule has 3 heterocycles. The van der Waals surface area contributed by atoms with Gasteiger partial charge in [-0.1, -0.05) is 6.07 Å². The Hall–Kier alpha value is -2.25. The molecule has 2 aliphatic rings. The summed E-state index contributed by atoms with van der Waals surface area (Å²) in [6.07, 6.45) is 3.41. The highest BCUT2D eigenvalue weighted by atomic mass is 32.2. The Balaban J connectivity index is 1.32. The van der Waals surface area contributed by atoms with Crippen LogP contribution in [0.5, 0.6) is 0 Å². The van der Waals surface area contributed by atoms with E-state index in [4.69, 9.17) is 5.26 Å². The second kappa shape index (κ2) is 10.1. The number of thiophene rings is 1. The van der Waals surface area contributed by atoms with Crippen molar-refractivity contribution in [2.75, 3.05) is 32.7 Å². The average Bonchev–Trinajstić information content (AvgIpc) is 3.54. The molecule has 0 spiro atoms. The van der Waals surface area contributed by atoms with Crippen LogP contribution >= 0.6 is 11.3 Å². The molecule has 9 heteroatoms. The van der Waals surface area contributed by atoms with Crippen molar-refractivity contribution >= 4 is 27.3 Å². The molecule has 0 saturated carbocycles. The lowest BCUT2D eigenvalue weighted by molar-refractivity contribution is -0.126. The lowest BCUT2D eigenvalue weighted by atomic mass is 9.97. The van der Waals surface area contributed by atoms with Crippen molar-refractivity contribution in [2.24, 2.45) is 5.92 Å². The number of likely N-dealkylation sites (tertiary alicyclic amines) is 1. The number of hydrogen-bond donors (Lipinski definition) is 1. The molecule has 1 atom stereocenters. The molecule has 170 valence electrons. The minimum atomic E-state index is -3.62. The van der Waals surface area contributed by atoms with Crippen LogP contribution < -0.4 is 5.32 Å². The summed E-state index contributed by atoms with van der Waals surface area (Å²) in [4.78, 5) is 16.8. The van der Waals surface area contributed by atoms with Crippen molar-refractivity contribution < 1.29 is 13.2 Å². The maximum Gasteiger partial charge on any atom is 0.243 e. The van der Waals surface area contributed by atoms with E-state index >= 15 is 0 Å². The standard InChI is InChI=1S/C23H28N4O3S2/c24-16-18-5-7-20(8-6-18)32(29,30)27-13-9-19(10-14-27)23(28)25-17-21(22-4-3-15-31-22)26-11-1-2-12-26/h3-8,15,19,21H,1-2,9-14,17H2,(H,25,28). The number of amides is 1. The Morgan fingerprint density at radius 3 is 2.41 bits per heavy atom. The van der Waals surface area contributed by atoms with Crippen LogP contribution in [0, 0.1) is 17.2 Å². The van der Waals surface area contributed by atoms with Crippen LogP contribution in [0.15, 0.2) is 46.7 Å². The minimum Gasteiger partial charge on any atom is -0.354 e. The first-order valence-electron chi connectivity index (χ1n) is 11.0. The molecule has 1 aromatic heterocycles. The molecular formula is C23H28N4O3S2. The van der Waals surface area contributed by atoms with Gasteiger partial charge in [-0.05, 0) is 74.5 Å². The Labute approximate surface area is 193 Å². The van der Waals surface area contributed by atoms with Crippen molar-refractivity contribution in [1.82, 2.24) is 14.5 Å². The van der Waals surface area contributed by atoms with Crippen molar-refractivity contribution in [1.29, 1.82) is 5.26 Å². The Morgan fingerprint density at radius 1 is 1.12 bits per heavy atom. The highest BCUT2D eigenvalue weighted by molar-refractivity contribution is 7.89. The predicted molar refractivity (Wildman–Crippen MR) is 124 cm³/mol. The number of carbonyl (C=O) groups is 1. The fourth-order valence-electron chi connectivity index (χ4n) is 4.49. The van der Waals surface area contributed by atoms with Crippen molar-refractivity contribution in [3.63, 3.8) is 0 Å². The zero-order chi connectivity index (χ0) is 22.6. The van der Waals surface area contributed by atoms with E-state index in [0.717, 1.165) is 13.1 Å². The van der Waals surface area contributed by atoms with Gasteiger partial charge < -0.3 is 5.32 Å². The molecule has 32 heavy (non-hydrogen) atoms. The lowest BCUT2D eigenvalue weighted by Gasteiger charge is -2.32. The zero-order valence-electron chi connectivity index (χ0n) is 17.9. The number of nitriles is 1. The number of benzene rings is 1. The van der Waals surface area contributed by atoms with E-state index in [1.54, 1.807) is 11.3 Å². The maximum absolute atomic E-state index is 12.9. The van der Waals surface area contributed by atoms with E-state index in [2.05, 4.69) is 27.7 Å². The summed E-state index contributed by atoms with van der Waals surface area (Å²) < 4.78 is 27.2. The number of sulfonamides is 1. The summed E-state index contributed by atoms with van der Waals surface area (Å²) in [5.74, 6) is -0.161. The summed E-state index contributed by atoms with van der Waals surface area (Å²) >= 11 is 1.72. The summed E-state index contributed by atoms with van der Waals surface area (Å²) in [6.45, 7) is 3.35. The Kier molecular flexibility index (Phi) is 7.26.